The first kappa shape index (κ1) is 12.1. The Hall–Kier alpha value is 0.00870. The monoisotopic (exact) mass is 303 g/mol. The van der Waals surface area contributed by atoms with Gasteiger partial charge in [-0.25, -0.2) is 0 Å². The first-order valence-corrected chi connectivity index (χ1v) is 15.1. The van der Waals surface area contributed by atoms with E-state index in [2.05, 4.69) is 47.7 Å². The van der Waals surface area contributed by atoms with E-state index < -0.39 is 18.4 Å². The standard InChI is InChI=1S/C8H12NO.3CH3.Sn/c1-6-5-7(10-9-6)8(2,3)4;;;;/h1-4H3;3*1H3;. The van der Waals surface area contributed by atoms with Crippen molar-refractivity contribution in [1.82, 2.24) is 5.16 Å². The second-order valence-electron chi connectivity index (χ2n) is 5.97. The van der Waals surface area contributed by atoms with Crippen molar-refractivity contribution in [2.45, 2.75) is 47.9 Å². The van der Waals surface area contributed by atoms with E-state index in [1.807, 2.05) is 0 Å². The average molecular weight is 302 g/mol. The van der Waals surface area contributed by atoms with E-state index in [1.54, 1.807) is 0 Å². The third-order valence-corrected chi connectivity index (χ3v) is 8.26. The Kier molecular flexibility index (Phi) is 3.06. The first-order chi connectivity index (χ1) is 6.14. The number of aryl methyl sites for hydroxylation is 1. The molecule has 0 radical (unpaired) electrons. The molecule has 80 valence electrons. The van der Waals surface area contributed by atoms with E-state index in [1.165, 1.54) is 3.58 Å². The molecule has 3 heteroatoms. The molecule has 2 nitrogen and oxygen atoms in total. The summed E-state index contributed by atoms with van der Waals surface area (Å²) in [4.78, 5) is 7.22. The van der Waals surface area contributed by atoms with E-state index >= 15 is 0 Å². The molecule has 0 aliphatic heterocycles. The van der Waals surface area contributed by atoms with E-state index in [0.29, 0.717) is 0 Å². The molecule has 0 aliphatic rings. The van der Waals surface area contributed by atoms with Gasteiger partial charge in [-0.15, -0.1) is 0 Å². The molecule has 0 saturated heterocycles. The second kappa shape index (κ2) is 3.54. The van der Waals surface area contributed by atoms with Crippen molar-refractivity contribution in [3.05, 3.63) is 11.5 Å². The molecule has 0 spiro atoms. The van der Waals surface area contributed by atoms with E-state index in [-0.39, 0.29) is 5.41 Å². The maximum atomic E-state index is 5.49. The molecule has 1 heterocycles. The predicted molar refractivity (Wildman–Crippen MR) is 62.9 cm³/mol. The van der Waals surface area contributed by atoms with Crippen LogP contribution in [0.15, 0.2) is 4.52 Å². The van der Waals surface area contributed by atoms with Crippen LogP contribution in [0.2, 0.25) is 14.8 Å². The summed E-state index contributed by atoms with van der Waals surface area (Å²) >= 11 is -2.07. The van der Waals surface area contributed by atoms with Crippen molar-refractivity contribution in [1.29, 1.82) is 0 Å². The Morgan fingerprint density at radius 3 is 1.93 bits per heavy atom. The molecule has 14 heavy (non-hydrogen) atoms. The molecule has 0 atom stereocenters. The summed E-state index contributed by atoms with van der Waals surface area (Å²) in [6, 6.07) is 0. The molecule has 0 saturated carbocycles. The van der Waals surface area contributed by atoms with E-state index in [9.17, 15) is 0 Å². The SMILES string of the molecule is Cc1noc(C(C)(C)C)[c]1[Sn]([CH3])([CH3])[CH3]. The molecule has 0 unspecified atom stereocenters. The summed E-state index contributed by atoms with van der Waals surface area (Å²) < 4.78 is 6.95. The van der Waals surface area contributed by atoms with Crippen molar-refractivity contribution in [3.8, 4) is 0 Å². The molecule has 0 amide bonds. The van der Waals surface area contributed by atoms with Gasteiger partial charge in [-0.3, -0.25) is 0 Å². The quantitative estimate of drug-likeness (QED) is 0.746. The fourth-order valence-electron chi connectivity index (χ4n) is 1.76. The van der Waals surface area contributed by atoms with Gasteiger partial charge in [0.1, 0.15) is 0 Å². The third-order valence-electron chi connectivity index (χ3n) is 2.29. The summed E-state index contributed by atoms with van der Waals surface area (Å²) in [5.41, 5.74) is 1.19. The zero-order chi connectivity index (χ0) is 11.1. The van der Waals surface area contributed by atoms with Gasteiger partial charge in [-0.2, -0.15) is 0 Å². The zero-order valence-corrected chi connectivity index (χ0v) is 13.2. The number of hydrogen-bond acceptors (Lipinski definition) is 2. The van der Waals surface area contributed by atoms with Gasteiger partial charge >= 0.3 is 91.0 Å². The molecule has 1 aromatic heterocycles. The molecular formula is C11H21NOSn. The second-order valence-corrected chi connectivity index (χ2v) is 20.2. The average Bonchev–Trinajstić information content (AvgIpc) is 2.27. The summed E-state index contributed by atoms with van der Waals surface area (Å²) in [5.74, 6) is 1.11. The molecular weight excluding hydrogens is 281 g/mol. The predicted octanol–water partition coefficient (Wildman–Crippen LogP) is 2.83. The van der Waals surface area contributed by atoms with Crippen LogP contribution in [-0.4, -0.2) is 23.5 Å². The molecule has 1 aromatic rings. The van der Waals surface area contributed by atoms with Crippen LogP contribution < -0.4 is 3.58 Å². The van der Waals surface area contributed by atoms with Crippen molar-refractivity contribution >= 4 is 22.0 Å². The fraction of sp³-hybridized carbons (Fsp3) is 0.727. The van der Waals surface area contributed by atoms with Gasteiger partial charge in [-0.1, -0.05) is 0 Å². The van der Waals surface area contributed by atoms with Crippen LogP contribution >= 0.6 is 0 Å². The van der Waals surface area contributed by atoms with Crippen molar-refractivity contribution < 1.29 is 4.52 Å². The topological polar surface area (TPSA) is 26.0 Å². The van der Waals surface area contributed by atoms with Crippen LogP contribution in [-0.2, 0) is 5.41 Å². The molecule has 0 aromatic carbocycles. The Morgan fingerprint density at radius 2 is 1.64 bits per heavy atom. The van der Waals surface area contributed by atoms with Gasteiger partial charge in [0.2, 0.25) is 0 Å². The zero-order valence-electron chi connectivity index (χ0n) is 10.4. The Bertz CT molecular complexity index is 328. The number of hydrogen-bond donors (Lipinski definition) is 0. The van der Waals surface area contributed by atoms with Crippen LogP contribution in [0.1, 0.15) is 32.2 Å². The third kappa shape index (κ3) is 2.33. The van der Waals surface area contributed by atoms with E-state index in [0.717, 1.165) is 11.5 Å². The minimum absolute atomic E-state index is 0.0841. The van der Waals surface area contributed by atoms with Crippen LogP contribution in [0.25, 0.3) is 0 Å². The van der Waals surface area contributed by atoms with E-state index in [4.69, 9.17) is 4.52 Å². The number of rotatable bonds is 1. The summed E-state index contributed by atoms with van der Waals surface area (Å²) in [6.07, 6.45) is 0. The van der Waals surface area contributed by atoms with Gasteiger partial charge < -0.3 is 0 Å². The Morgan fingerprint density at radius 1 is 1.14 bits per heavy atom. The summed E-state index contributed by atoms with van der Waals surface area (Å²) in [7, 11) is 0. The van der Waals surface area contributed by atoms with Gasteiger partial charge in [0, 0.05) is 0 Å². The molecule has 0 aliphatic carbocycles. The van der Waals surface area contributed by atoms with Gasteiger partial charge in [0.05, 0.1) is 0 Å². The van der Waals surface area contributed by atoms with Crippen molar-refractivity contribution in [2.75, 3.05) is 0 Å². The number of nitrogens with zero attached hydrogens (tertiary/aromatic N) is 1. The van der Waals surface area contributed by atoms with Crippen LogP contribution in [0.3, 0.4) is 0 Å². The van der Waals surface area contributed by atoms with Crippen molar-refractivity contribution in [2.24, 2.45) is 0 Å². The van der Waals surface area contributed by atoms with Crippen LogP contribution in [0.4, 0.5) is 0 Å². The van der Waals surface area contributed by atoms with Crippen molar-refractivity contribution in [3.63, 3.8) is 0 Å². The van der Waals surface area contributed by atoms with Gasteiger partial charge in [0.15, 0.2) is 0 Å². The van der Waals surface area contributed by atoms with Gasteiger partial charge in [0.25, 0.3) is 0 Å². The summed E-state index contributed by atoms with van der Waals surface area (Å²) in [6.45, 7) is 8.63. The van der Waals surface area contributed by atoms with Crippen LogP contribution in [0.5, 0.6) is 0 Å². The minimum atomic E-state index is -2.07. The van der Waals surface area contributed by atoms with Gasteiger partial charge in [-0.05, 0) is 0 Å². The Labute approximate surface area is 90.9 Å². The Balaban J connectivity index is 3.35. The number of aromatic nitrogens is 1. The maximum absolute atomic E-state index is 5.49. The summed E-state index contributed by atoms with van der Waals surface area (Å²) in [5, 5.41) is 4.13. The molecule has 0 bridgehead atoms. The molecule has 0 fully saturated rings. The normalized spacial score (nSPS) is 13.4. The fourth-order valence-corrected chi connectivity index (χ4v) is 8.14. The first-order valence-electron chi connectivity index (χ1n) is 5.11. The molecule has 1 rings (SSSR count). The van der Waals surface area contributed by atoms with Crippen LogP contribution in [0, 0.1) is 6.92 Å². The molecule has 0 N–H and O–H groups in total.